The van der Waals surface area contributed by atoms with E-state index in [0.29, 0.717) is 29.9 Å². The monoisotopic (exact) mass is 268 g/mol. The number of unbranched alkanes of at least 4 members (excludes halogenated alkanes) is 1. The van der Waals surface area contributed by atoms with Crippen molar-refractivity contribution < 1.29 is 19.2 Å². The van der Waals surface area contributed by atoms with Gasteiger partial charge in [-0.25, -0.2) is 4.79 Å². The number of nitrogens with zero attached hydrogens (tertiary/aromatic N) is 1. The standard InChI is InChI=1S/C13H20N2O4/c1-4-6-7-10(13(17)18)14-12(16)11-8(3)19-15-9(11)5-2/h10H,4-7H2,1-3H3,(H,14,16)(H,17,18)/t10-/m0/s1. The van der Waals surface area contributed by atoms with Gasteiger partial charge in [0.25, 0.3) is 5.91 Å². The van der Waals surface area contributed by atoms with E-state index in [0.717, 1.165) is 12.8 Å². The number of amides is 1. The van der Waals surface area contributed by atoms with Gasteiger partial charge < -0.3 is 14.9 Å². The molecule has 1 aromatic rings. The molecule has 106 valence electrons. The fraction of sp³-hybridized carbons (Fsp3) is 0.615. The second-order valence-corrected chi connectivity index (χ2v) is 4.42. The molecule has 0 saturated heterocycles. The highest BCUT2D eigenvalue weighted by Gasteiger charge is 2.24. The third-order valence-corrected chi connectivity index (χ3v) is 2.95. The first kappa shape index (κ1) is 15.2. The minimum atomic E-state index is -1.02. The maximum Gasteiger partial charge on any atom is 0.326 e. The van der Waals surface area contributed by atoms with Crippen LogP contribution < -0.4 is 5.32 Å². The number of nitrogens with one attached hydrogen (secondary N) is 1. The third kappa shape index (κ3) is 3.81. The number of aliphatic carboxylic acids is 1. The summed E-state index contributed by atoms with van der Waals surface area (Å²) in [5.41, 5.74) is 0.903. The fourth-order valence-electron chi connectivity index (χ4n) is 1.85. The van der Waals surface area contributed by atoms with Gasteiger partial charge in [-0.3, -0.25) is 4.79 Å². The van der Waals surface area contributed by atoms with Crippen LogP contribution >= 0.6 is 0 Å². The molecule has 0 aliphatic carbocycles. The van der Waals surface area contributed by atoms with Crippen molar-refractivity contribution in [1.82, 2.24) is 10.5 Å². The lowest BCUT2D eigenvalue weighted by Crippen LogP contribution is -2.41. The average molecular weight is 268 g/mol. The summed E-state index contributed by atoms with van der Waals surface area (Å²) in [7, 11) is 0. The first-order valence-corrected chi connectivity index (χ1v) is 6.50. The minimum absolute atomic E-state index is 0.352. The topological polar surface area (TPSA) is 92.4 Å². The van der Waals surface area contributed by atoms with Crippen LogP contribution in [0.3, 0.4) is 0 Å². The van der Waals surface area contributed by atoms with E-state index in [2.05, 4.69) is 10.5 Å². The number of carboxylic acids is 1. The summed E-state index contributed by atoms with van der Waals surface area (Å²) in [6, 6.07) is -0.869. The molecule has 1 rings (SSSR count). The summed E-state index contributed by atoms with van der Waals surface area (Å²) >= 11 is 0. The first-order valence-electron chi connectivity index (χ1n) is 6.50. The molecule has 0 saturated carbocycles. The lowest BCUT2D eigenvalue weighted by Gasteiger charge is -2.13. The zero-order chi connectivity index (χ0) is 14.4. The molecule has 0 spiro atoms. The van der Waals surface area contributed by atoms with Gasteiger partial charge in [0.15, 0.2) is 0 Å². The Morgan fingerprint density at radius 3 is 2.63 bits per heavy atom. The van der Waals surface area contributed by atoms with Gasteiger partial charge in [-0.1, -0.05) is 31.8 Å². The Morgan fingerprint density at radius 1 is 1.42 bits per heavy atom. The zero-order valence-electron chi connectivity index (χ0n) is 11.5. The van der Waals surface area contributed by atoms with Crippen LogP contribution in [0.2, 0.25) is 0 Å². The molecule has 2 N–H and O–H groups in total. The van der Waals surface area contributed by atoms with Gasteiger partial charge in [-0.2, -0.15) is 0 Å². The lowest BCUT2D eigenvalue weighted by molar-refractivity contribution is -0.139. The molecule has 1 atom stereocenters. The molecule has 6 heteroatoms. The van der Waals surface area contributed by atoms with Gasteiger partial charge in [0.2, 0.25) is 0 Å². The summed E-state index contributed by atoms with van der Waals surface area (Å²) in [6.07, 6.45) is 2.61. The average Bonchev–Trinajstić information content (AvgIpc) is 2.75. The van der Waals surface area contributed by atoms with E-state index in [9.17, 15) is 9.59 Å². The van der Waals surface area contributed by atoms with Gasteiger partial charge in [-0.15, -0.1) is 0 Å². The molecule has 0 bridgehead atoms. The van der Waals surface area contributed by atoms with E-state index < -0.39 is 17.9 Å². The Balaban J connectivity index is 2.81. The van der Waals surface area contributed by atoms with Crippen molar-refractivity contribution in [2.24, 2.45) is 0 Å². The number of carbonyl (C=O) groups is 2. The number of aryl methyl sites for hydroxylation is 2. The van der Waals surface area contributed by atoms with E-state index in [1.54, 1.807) is 6.92 Å². The molecule has 1 aromatic heterocycles. The number of carboxylic acid groups (broad SMARTS) is 1. The highest BCUT2D eigenvalue weighted by molar-refractivity contribution is 5.98. The van der Waals surface area contributed by atoms with Crippen molar-refractivity contribution in [2.75, 3.05) is 0 Å². The molecule has 1 heterocycles. The minimum Gasteiger partial charge on any atom is -0.480 e. The van der Waals surface area contributed by atoms with E-state index in [-0.39, 0.29) is 0 Å². The van der Waals surface area contributed by atoms with Crippen molar-refractivity contribution in [3.05, 3.63) is 17.0 Å². The number of aromatic nitrogens is 1. The fourth-order valence-corrected chi connectivity index (χ4v) is 1.85. The molecule has 0 unspecified atom stereocenters. The van der Waals surface area contributed by atoms with Gasteiger partial charge in [0.1, 0.15) is 17.4 Å². The second-order valence-electron chi connectivity index (χ2n) is 4.42. The summed E-state index contributed by atoms with van der Waals surface area (Å²) in [5.74, 6) is -1.04. The van der Waals surface area contributed by atoms with Crippen molar-refractivity contribution in [2.45, 2.75) is 52.5 Å². The Hall–Kier alpha value is -1.85. The van der Waals surface area contributed by atoms with Crippen LogP contribution in [-0.4, -0.2) is 28.2 Å². The summed E-state index contributed by atoms with van der Waals surface area (Å²) in [6.45, 7) is 5.47. The van der Waals surface area contributed by atoms with Crippen molar-refractivity contribution in [3.63, 3.8) is 0 Å². The number of carbonyl (C=O) groups excluding carboxylic acids is 1. The van der Waals surface area contributed by atoms with Crippen LogP contribution in [0.15, 0.2) is 4.52 Å². The molecule has 0 radical (unpaired) electrons. The maximum absolute atomic E-state index is 12.1. The van der Waals surface area contributed by atoms with Gasteiger partial charge >= 0.3 is 5.97 Å². The van der Waals surface area contributed by atoms with Gasteiger partial charge in [-0.05, 0) is 19.8 Å². The normalized spacial score (nSPS) is 12.2. The highest BCUT2D eigenvalue weighted by Crippen LogP contribution is 2.14. The Bertz CT molecular complexity index is 453. The van der Waals surface area contributed by atoms with Crippen LogP contribution in [0, 0.1) is 6.92 Å². The third-order valence-electron chi connectivity index (χ3n) is 2.95. The molecular weight excluding hydrogens is 248 g/mol. The number of hydrogen-bond acceptors (Lipinski definition) is 4. The SMILES string of the molecule is CCCC[C@H](NC(=O)c1c(CC)noc1C)C(=O)O. The van der Waals surface area contributed by atoms with Crippen LogP contribution in [0.1, 0.15) is 54.9 Å². The second kappa shape index (κ2) is 6.92. The predicted molar refractivity (Wildman–Crippen MR) is 69.0 cm³/mol. The van der Waals surface area contributed by atoms with Crippen molar-refractivity contribution >= 4 is 11.9 Å². The molecule has 0 aliphatic rings. The van der Waals surface area contributed by atoms with Gasteiger partial charge in [0.05, 0.1) is 5.69 Å². The number of hydrogen-bond donors (Lipinski definition) is 2. The maximum atomic E-state index is 12.1. The quantitative estimate of drug-likeness (QED) is 0.788. The Kier molecular flexibility index (Phi) is 5.54. The van der Waals surface area contributed by atoms with Crippen LogP contribution in [0.25, 0.3) is 0 Å². The lowest BCUT2D eigenvalue weighted by atomic mass is 10.1. The first-order chi connectivity index (χ1) is 9.01. The van der Waals surface area contributed by atoms with Crippen molar-refractivity contribution in [3.8, 4) is 0 Å². The molecule has 19 heavy (non-hydrogen) atoms. The van der Waals surface area contributed by atoms with Crippen LogP contribution in [-0.2, 0) is 11.2 Å². The molecule has 0 aliphatic heterocycles. The number of rotatable bonds is 7. The molecule has 1 amide bonds. The van der Waals surface area contributed by atoms with E-state index in [1.165, 1.54) is 0 Å². The Labute approximate surface area is 112 Å². The van der Waals surface area contributed by atoms with E-state index >= 15 is 0 Å². The smallest absolute Gasteiger partial charge is 0.326 e. The highest BCUT2D eigenvalue weighted by atomic mass is 16.5. The van der Waals surface area contributed by atoms with Crippen molar-refractivity contribution in [1.29, 1.82) is 0 Å². The predicted octanol–water partition coefficient (Wildman–Crippen LogP) is 1.92. The summed E-state index contributed by atoms with van der Waals surface area (Å²) < 4.78 is 4.97. The largest absolute Gasteiger partial charge is 0.480 e. The van der Waals surface area contributed by atoms with E-state index in [1.807, 2.05) is 13.8 Å². The zero-order valence-corrected chi connectivity index (χ0v) is 11.5. The molecule has 0 aromatic carbocycles. The summed E-state index contributed by atoms with van der Waals surface area (Å²) in [4.78, 5) is 23.2. The molecular formula is C13H20N2O4. The molecule has 6 nitrogen and oxygen atoms in total. The van der Waals surface area contributed by atoms with Gasteiger partial charge in [0, 0.05) is 0 Å². The van der Waals surface area contributed by atoms with E-state index in [4.69, 9.17) is 9.63 Å². The molecule has 0 fully saturated rings. The summed E-state index contributed by atoms with van der Waals surface area (Å²) in [5, 5.41) is 15.4. The van der Waals surface area contributed by atoms with Crippen LogP contribution in [0.4, 0.5) is 0 Å². The Morgan fingerprint density at radius 2 is 2.11 bits per heavy atom. The van der Waals surface area contributed by atoms with Crippen LogP contribution in [0.5, 0.6) is 0 Å².